The number of methoxy groups -OCH3 is 2. The van der Waals surface area contributed by atoms with Crippen molar-refractivity contribution in [2.75, 3.05) is 39.4 Å². The molecule has 0 aliphatic rings. The van der Waals surface area contributed by atoms with Gasteiger partial charge in [-0.15, -0.1) is 9.78 Å². The molecule has 14 nitrogen and oxygen atoms in total. The number of aromatic nitrogens is 5. The lowest BCUT2D eigenvalue weighted by Gasteiger charge is -2.21. The van der Waals surface area contributed by atoms with Gasteiger partial charge in [0.15, 0.2) is 17.4 Å². The number of amides is 1. The van der Waals surface area contributed by atoms with E-state index in [1.54, 1.807) is 30.3 Å². The third-order valence-electron chi connectivity index (χ3n) is 6.04. The molecule has 0 aliphatic carbocycles. The maximum atomic E-state index is 16.0. The zero-order valence-electron chi connectivity index (χ0n) is 25.5. The molecule has 2 aromatic carbocycles. The van der Waals surface area contributed by atoms with E-state index >= 15 is 4.39 Å². The van der Waals surface area contributed by atoms with Crippen LogP contribution in [0.5, 0.6) is 17.5 Å². The minimum Gasteiger partial charge on any atom is -0.497 e. The summed E-state index contributed by atoms with van der Waals surface area (Å²) in [6.07, 6.45) is 2.27. The van der Waals surface area contributed by atoms with Crippen molar-refractivity contribution >= 4 is 17.6 Å². The van der Waals surface area contributed by atoms with Crippen LogP contribution in [-0.4, -0.2) is 75.8 Å². The SMILES string of the molecule is COc1cc(OCCO)c(F)c([C@@H](Nc2ccc(C(N)=NC(=O)OCC(C)(C)C)cc2)c2nc(OC)n(-c3ncccn3)n2)c1. The van der Waals surface area contributed by atoms with Crippen molar-refractivity contribution in [3.8, 4) is 23.5 Å². The van der Waals surface area contributed by atoms with Gasteiger partial charge in [-0.05, 0) is 41.8 Å². The molecule has 0 saturated carbocycles. The lowest BCUT2D eigenvalue weighted by Crippen LogP contribution is -2.20. The zero-order chi connectivity index (χ0) is 32.6. The van der Waals surface area contributed by atoms with E-state index < -0.39 is 18.0 Å². The van der Waals surface area contributed by atoms with Crippen molar-refractivity contribution in [1.29, 1.82) is 0 Å². The number of nitrogens with zero attached hydrogens (tertiary/aromatic N) is 6. The number of ether oxygens (including phenoxy) is 4. The zero-order valence-corrected chi connectivity index (χ0v) is 25.5. The third kappa shape index (κ3) is 8.41. The molecule has 0 saturated heterocycles. The molecule has 0 fully saturated rings. The number of aliphatic hydroxyl groups excluding tert-OH is 1. The Balaban J connectivity index is 1.73. The maximum Gasteiger partial charge on any atom is 0.435 e. The van der Waals surface area contributed by atoms with Crippen LogP contribution in [0.15, 0.2) is 59.9 Å². The van der Waals surface area contributed by atoms with E-state index in [1.165, 1.54) is 43.4 Å². The Bertz CT molecular complexity index is 1620. The average Bonchev–Trinajstić information content (AvgIpc) is 3.47. The average molecular weight is 623 g/mol. The minimum atomic E-state index is -1.03. The molecule has 4 N–H and O–H groups in total. The van der Waals surface area contributed by atoms with Crippen LogP contribution >= 0.6 is 0 Å². The van der Waals surface area contributed by atoms with Gasteiger partial charge in [0.1, 0.15) is 24.2 Å². The number of anilines is 1. The van der Waals surface area contributed by atoms with Crippen LogP contribution in [0.3, 0.4) is 0 Å². The number of nitrogens with two attached hydrogens (primary N) is 1. The van der Waals surface area contributed by atoms with Crippen LogP contribution in [0, 0.1) is 11.2 Å². The Hall–Kier alpha value is -5.31. The normalized spacial score (nSPS) is 12.4. The first-order chi connectivity index (χ1) is 21.5. The van der Waals surface area contributed by atoms with Crippen molar-refractivity contribution in [2.24, 2.45) is 16.1 Å². The molecule has 2 aromatic heterocycles. The van der Waals surface area contributed by atoms with Gasteiger partial charge in [-0.25, -0.2) is 19.2 Å². The van der Waals surface area contributed by atoms with Crippen LogP contribution in [0.25, 0.3) is 5.95 Å². The molecule has 4 aromatic rings. The number of amidine groups is 1. The highest BCUT2D eigenvalue weighted by atomic mass is 19.1. The number of aliphatic hydroxyl groups is 1. The van der Waals surface area contributed by atoms with Crippen molar-refractivity contribution in [3.63, 3.8) is 0 Å². The van der Waals surface area contributed by atoms with E-state index in [2.05, 4.69) is 30.4 Å². The molecule has 0 bridgehead atoms. The van der Waals surface area contributed by atoms with Crippen LogP contribution in [-0.2, 0) is 4.74 Å². The van der Waals surface area contributed by atoms with Crippen LogP contribution in [0.2, 0.25) is 0 Å². The quantitative estimate of drug-likeness (QED) is 0.154. The summed E-state index contributed by atoms with van der Waals surface area (Å²) in [6.45, 7) is 5.52. The molecule has 0 radical (unpaired) electrons. The molecule has 1 atom stereocenters. The number of carbonyl (C=O) groups excluding carboxylic acids is 1. The Kier molecular flexibility index (Phi) is 10.5. The van der Waals surface area contributed by atoms with Gasteiger partial charge in [0, 0.05) is 35.3 Å². The number of hydrogen-bond donors (Lipinski definition) is 3. The topological polar surface area (TPSA) is 181 Å². The number of hydrogen-bond acceptors (Lipinski definition) is 11. The van der Waals surface area contributed by atoms with Gasteiger partial charge in [0.2, 0.25) is 0 Å². The second kappa shape index (κ2) is 14.4. The van der Waals surface area contributed by atoms with Crippen molar-refractivity contribution in [2.45, 2.75) is 26.8 Å². The Morgan fingerprint density at radius 1 is 1.13 bits per heavy atom. The summed E-state index contributed by atoms with van der Waals surface area (Å²) in [5.74, 6) is -0.317. The van der Waals surface area contributed by atoms with E-state index in [0.29, 0.717) is 17.0 Å². The number of nitrogens with one attached hydrogen (secondary N) is 1. The largest absolute Gasteiger partial charge is 0.497 e. The summed E-state index contributed by atoms with van der Waals surface area (Å²) < 4.78 is 38.7. The first-order valence-corrected chi connectivity index (χ1v) is 13.8. The van der Waals surface area contributed by atoms with Crippen molar-refractivity contribution in [3.05, 3.63) is 77.6 Å². The van der Waals surface area contributed by atoms with Gasteiger partial charge in [-0.1, -0.05) is 20.8 Å². The number of carbonyl (C=O) groups is 1. The molecule has 0 spiro atoms. The van der Waals surface area contributed by atoms with E-state index in [0.717, 1.165) is 0 Å². The van der Waals surface area contributed by atoms with Crippen molar-refractivity contribution < 1.29 is 33.2 Å². The van der Waals surface area contributed by atoms with E-state index in [4.69, 9.17) is 24.7 Å². The highest BCUT2D eigenvalue weighted by Gasteiger charge is 2.28. The van der Waals surface area contributed by atoms with E-state index in [1.807, 2.05) is 20.8 Å². The number of halogens is 1. The van der Waals surface area contributed by atoms with Gasteiger partial charge < -0.3 is 35.1 Å². The summed E-state index contributed by atoms with van der Waals surface area (Å²) in [5, 5.41) is 17.0. The Morgan fingerprint density at radius 3 is 2.47 bits per heavy atom. The summed E-state index contributed by atoms with van der Waals surface area (Å²) in [7, 11) is 2.84. The molecule has 15 heteroatoms. The monoisotopic (exact) mass is 622 g/mol. The van der Waals surface area contributed by atoms with Crippen molar-refractivity contribution in [1.82, 2.24) is 24.7 Å². The molecule has 0 unspecified atom stereocenters. The van der Waals surface area contributed by atoms with Crippen LogP contribution < -0.4 is 25.3 Å². The molecular formula is C30H35FN8O6. The fraction of sp³-hybridized carbons (Fsp3) is 0.333. The molecule has 1 amide bonds. The molecular weight excluding hydrogens is 587 g/mol. The second-order valence-electron chi connectivity index (χ2n) is 10.8. The van der Waals surface area contributed by atoms with Gasteiger partial charge in [-0.2, -0.15) is 9.98 Å². The van der Waals surface area contributed by atoms with Gasteiger partial charge in [0.05, 0.1) is 27.4 Å². The second-order valence-corrected chi connectivity index (χ2v) is 10.8. The summed E-state index contributed by atoms with van der Waals surface area (Å²) >= 11 is 0. The summed E-state index contributed by atoms with van der Waals surface area (Å²) in [4.78, 5) is 28.8. The third-order valence-corrected chi connectivity index (χ3v) is 6.04. The molecule has 2 heterocycles. The standard InChI is InChI=1S/C30H35FN8O6/c1-30(2,3)17-45-29(41)36-25(32)18-7-9-19(10-8-18)35-24(21-15-20(42-4)16-22(23(21)31)44-14-13-40)26-37-28(43-5)39(38-26)27-33-11-6-12-34-27/h6-12,15-16,24,35,40H,13-14,17H2,1-5H3,(H2,32,36,41)/t24-/m1/s1. The maximum absolute atomic E-state index is 16.0. The predicted molar refractivity (Wildman–Crippen MR) is 162 cm³/mol. The van der Waals surface area contributed by atoms with Gasteiger partial charge in [0.25, 0.3) is 5.95 Å². The van der Waals surface area contributed by atoms with Crippen LogP contribution in [0.4, 0.5) is 14.9 Å². The number of rotatable bonds is 12. The van der Waals surface area contributed by atoms with Gasteiger partial charge in [-0.3, -0.25) is 0 Å². The molecule has 4 rings (SSSR count). The molecule has 238 valence electrons. The number of benzene rings is 2. The number of aliphatic imine (C=N–C) groups is 1. The lowest BCUT2D eigenvalue weighted by molar-refractivity contribution is 0.115. The Morgan fingerprint density at radius 2 is 1.84 bits per heavy atom. The molecule has 45 heavy (non-hydrogen) atoms. The summed E-state index contributed by atoms with van der Waals surface area (Å²) in [6, 6.07) is 10.1. The molecule has 0 aliphatic heterocycles. The minimum absolute atomic E-state index is 0.0328. The van der Waals surface area contributed by atoms with Gasteiger partial charge >= 0.3 is 12.1 Å². The first kappa shape index (κ1) is 32.6. The fourth-order valence-electron chi connectivity index (χ4n) is 3.94. The smallest absolute Gasteiger partial charge is 0.435 e. The predicted octanol–water partition coefficient (Wildman–Crippen LogP) is 3.67. The first-order valence-electron chi connectivity index (χ1n) is 13.8. The fourth-order valence-corrected chi connectivity index (χ4v) is 3.94. The van der Waals surface area contributed by atoms with E-state index in [9.17, 15) is 9.90 Å². The Labute approximate surface area is 259 Å². The highest BCUT2D eigenvalue weighted by molar-refractivity contribution is 6.02. The lowest BCUT2D eigenvalue weighted by atomic mass is 9.99. The highest BCUT2D eigenvalue weighted by Crippen LogP contribution is 2.36. The van der Waals surface area contributed by atoms with E-state index in [-0.39, 0.29) is 60.2 Å². The summed E-state index contributed by atoms with van der Waals surface area (Å²) in [5.41, 5.74) is 6.88. The van der Waals surface area contributed by atoms with Crippen LogP contribution in [0.1, 0.15) is 43.8 Å².